The average Bonchev–Trinajstić information content (AvgIpc) is 2.56. The second-order valence-corrected chi connectivity index (χ2v) is 3.54. The Morgan fingerprint density at radius 1 is 1.00 bits per heavy atom. The number of hydrogen-bond acceptors (Lipinski definition) is 2. The Balaban J connectivity index is 2.12. The van der Waals surface area contributed by atoms with Crippen LogP contribution in [0.15, 0.2) is 30.0 Å². The predicted molar refractivity (Wildman–Crippen MR) is 53.1 cm³/mol. The summed E-state index contributed by atoms with van der Waals surface area (Å²) in [6, 6.07) is 8.61. The Hall–Kier alpha value is -1.44. The van der Waals surface area contributed by atoms with Gasteiger partial charge in [-0.25, -0.2) is 0 Å². The van der Waals surface area contributed by atoms with Crippen LogP contribution >= 0.6 is 0 Å². The van der Waals surface area contributed by atoms with E-state index >= 15 is 0 Å². The molecule has 0 atom stereocenters. The van der Waals surface area contributed by atoms with Gasteiger partial charge in [-0.15, -0.1) is 0 Å². The van der Waals surface area contributed by atoms with Gasteiger partial charge in [0.25, 0.3) is 0 Å². The van der Waals surface area contributed by atoms with E-state index in [-0.39, 0.29) is 0 Å². The minimum absolute atomic E-state index is 1.03. The molecule has 1 aliphatic heterocycles. The first kappa shape index (κ1) is 7.01. The Labute approximate surface area is 77.7 Å². The zero-order chi connectivity index (χ0) is 8.67. The van der Waals surface area contributed by atoms with Gasteiger partial charge in [0, 0.05) is 30.8 Å². The summed E-state index contributed by atoms with van der Waals surface area (Å²) in [5.74, 6) is 0. The maximum Gasteiger partial charge on any atom is 0.0613 e. The monoisotopic (exact) mass is 172 g/mol. The molecule has 2 N–H and O–H groups in total. The lowest BCUT2D eigenvalue weighted by Gasteiger charge is -2.18. The van der Waals surface area contributed by atoms with Crippen molar-refractivity contribution in [1.82, 2.24) is 10.6 Å². The van der Waals surface area contributed by atoms with Crippen LogP contribution in [0.1, 0.15) is 11.1 Å². The van der Waals surface area contributed by atoms with Gasteiger partial charge in [-0.2, -0.15) is 0 Å². The standard InChI is InChI=1S/C11H12N2/c1-2-4-9-8(3-1)7-10-11(9)13-6-5-12-10/h1-4,12-13H,5-7H2. The Morgan fingerprint density at radius 3 is 2.85 bits per heavy atom. The van der Waals surface area contributed by atoms with E-state index < -0.39 is 0 Å². The summed E-state index contributed by atoms with van der Waals surface area (Å²) in [5, 5.41) is 6.90. The highest BCUT2D eigenvalue weighted by Gasteiger charge is 2.22. The Morgan fingerprint density at radius 2 is 1.85 bits per heavy atom. The van der Waals surface area contributed by atoms with Crippen molar-refractivity contribution in [1.29, 1.82) is 0 Å². The van der Waals surface area contributed by atoms with Gasteiger partial charge in [0.2, 0.25) is 0 Å². The van der Waals surface area contributed by atoms with E-state index in [1.807, 2.05) is 0 Å². The Kier molecular flexibility index (Phi) is 1.36. The summed E-state index contributed by atoms with van der Waals surface area (Å²) in [6.45, 7) is 2.08. The molecule has 0 saturated carbocycles. The predicted octanol–water partition coefficient (Wildman–Crippen LogP) is 1.10. The van der Waals surface area contributed by atoms with E-state index in [9.17, 15) is 0 Å². The number of fused-ring (bicyclic) bond motifs is 2. The van der Waals surface area contributed by atoms with Crippen LogP contribution < -0.4 is 10.6 Å². The van der Waals surface area contributed by atoms with Gasteiger partial charge >= 0.3 is 0 Å². The van der Waals surface area contributed by atoms with Crippen molar-refractivity contribution in [2.75, 3.05) is 13.1 Å². The molecule has 0 radical (unpaired) electrons. The molecule has 0 spiro atoms. The van der Waals surface area contributed by atoms with Gasteiger partial charge in [0.05, 0.1) is 5.70 Å². The van der Waals surface area contributed by atoms with Crippen LogP contribution in [-0.2, 0) is 6.42 Å². The number of rotatable bonds is 0. The lowest BCUT2D eigenvalue weighted by Crippen LogP contribution is -2.33. The fourth-order valence-electron chi connectivity index (χ4n) is 2.11. The molecule has 2 aliphatic rings. The molecular formula is C11H12N2. The molecule has 0 unspecified atom stereocenters. The summed E-state index contributed by atoms with van der Waals surface area (Å²) in [6.07, 6.45) is 1.07. The van der Waals surface area contributed by atoms with Crippen molar-refractivity contribution in [3.8, 4) is 0 Å². The molecule has 1 aliphatic carbocycles. The highest BCUT2D eigenvalue weighted by atomic mass is 15.0. The van der Waals surface area contributed by atoms with Crippen molar-refractivity contribution >= 4 is 5.70 Å². The third-order valence-corrected chi connectivity index (χ3v) is 2.72. The third kappa shape index (κ3) is 0.949. The van der Waals surface area contributed by atoms with Crippen LogP contribution in [-0.4, -0.2) is 13.1 Å². The molecule has 13 heavy (non-hydrogen) atoms. The van der Waals surface area contributed by atoms with Crippen LogP contribution in [0.5, 0.6) is 0 Å². The summed E-state index contributed by atoms with van der Waals surface area (Å²) in [5.41, 5.74) is 5.51. The molecule has 66 valence electrons. The summed E-state index contributed by atoms with van der Waals surface area (Å²) in [4.78, 5) is 0. The van der Waals surface area contributed by atoms with Crippen LogP contribution in [0.25, 0.3) is 5.70 Å². The van der Waals surface area contributed by atoms with E-state index in [1.54, 1.807) is 0 Å². The highest BCUT2D eigenvalue weighted by molar-refractivity contribution is 5.75. The lowest BCUT2D eigenvalue weighted by molar-refractivity contribution is 0.698. The van der Waals surface area contributed by atoms with E-state index in [0.717, 1.165) is 19.5 Å². The van der Waals surface area contributed by atoms with Gasteiger partial charge in [-0.1, -0.05) is 24.3 Å². The molecule has 0 bridgehead atoms. The fraction of sp³-hybridized carbons (Fsp3) is 0.273. The molecule has 0 saturated heterocycles. The zero-order valence-electron chi connectivity index (χ0n) is 7.43. The molecule has 1 heterocycles. The fourth-order valence-corrected chi connectivity index (χ4v) is 2.11. The third-order valence-electron chi connectivity index (χ3n) is 2.72. The first-order valence-corrected chi connectivity index (χ1v) is 4.74. The van der Waals surface area contributed by atoms with Crippen LogP contribution in [0.3, 0.4) is 0 Å². The topological polar surface area (TPSA) is 24.1 Å². The second kappa shape index (κ2) is 2.52. The summed E-state index contributed by atoms with van der Waals surface area (Å²) in [7, 11) is 0. The first-order chi connectivity index (χ1) is 6.45. The largest absolute Gasteiger partial charge is 0.385 e. The van der Waals surface area contributed by atoms with Crippen LogP contribution in [0.4, 0.5) is 0 Å². The molecular weight excluding hydrogens is 160 g/mol. The van der Waals surface area contributed by atoms with Crippen molar-refractivity contribution in [2.45, 2.75) is 6.42 Å². The van der Waals surface area contributed by atoms with Gasteiger partial charge in [0.1, 0.15) is 0 Å². The molecule has 1 aromatic carbocycles. The van der Waals surface area contributed by atoms with Gasteiger partial charge in [-0.3, -0.25) is 0 Å². The summed E-state index contributed by atoms with van der Waals surface area (Å²) < 4.78 is 0. The quantitative estimate of drug-likeness (QED) is 0.612. The van der Waals surface area contributed by atoms with E-state index in [2.05, 4.69) is 34.9 Å². The zero-order valence-corrected chi connectivity index (χ0v) is 7.43. The maximum absolute atomic E-state index is 3.45. The Bertz CT molecular complexity index is 379. The van der Waals surface area contributed by atoms with Gasteiger partial charge in [-0.05, 0) is 5.56 Å². The van der Waals surface area contributed by atoms with Gasteiger partial charge in [0.15, 0.2) is 0 Å². The molecule has 2 nitrogen and oxygen atoms in total. The number of hydrogen-bond donors (Lipinski definition) is 2. The second-order valence-electron chi connectivity index (χ2n) is 3.54. The van der Waals surface area contributed by atoms with Crippen LogP contribution in [0.2, 0.25) is 0 Å². The molecule has 0 aromatic heterocycles. The maximum atomic E-state index is 3.45. The number of allylic oxidation sites excluding steroid dienone is 1. The van der Waals surface area contributed by atoms with Crippen molar-refractivity contribution in [3.05, 3.63) is 41.1 Å². The van der Waals surface area contributed by atoms with E-state index in [0.29, 0.717) is 0 Å². The number of benzene rings is 1. The van der Waals surface area contributed by atoms with Gasteiger partial charge < -0.3 is 10.6 Å². The SMILES string of the molecule is c1ccc2c(c1)CC1=C2NCCN1. The highest BCUT2D eigenvalue weighted by Crippen LogP contribution is 2.30. The summed E-state index contributed by atoms with van der Waals surface area (Å²) >= 11 is 0. The number of nitrogens with one attached hydrogen (secondary N) is 2. The molecule has 0 fully saturated rings. The van der Waals surface area contributed by atoms with Crippen molar-refractivity contribution in [3.63, 3.8) is 0 Å². The minimum Gasteiger partial charge on any atom is -0.385 e. The average molecular weight is 172 g/mol. The smallest absolute Gasteiger partial charge is 0.0613 e. The lowest BCUT2D eigenvalue weighted by atomic mass is 10.1. The molecule has 2 heteroatoms. The minimum atomic E-state index is 1.03. The first-order valence-electron chi connectivity index (χ1n) is 4.74. The molecule has 0 amide bonds. The normalized spacial score (nSPS) is 18.8. The van der Waals surface area contributed by atoms with E-state index in [1.165, 1.54) is 22.5 Å². The molecule has 3 rings (SSSR count). The van der Waals surface area contributed by atoms with Crippen molar-refractivity contribution < 1.29 is 0 Å². The molecule has 1 aromatic rings. The van der Waals surface area contributed by atoms with E-state index in [4.69, 9.17) is 0 Å². The van der Waals surface area contributed by atoms with Crippen LogP contribution in [0, 0.1) is 0 Å². The van der Waals surface area contributed by atoms with Crippen molar-refractivity contribution in [2.24, 2.45) is 0 Å².